The molecule has 1 aromatic rings. The molecule has 1 amide bonds. The Kier molecular flexibility index (Phi) is 5.61. The van der Waals surface area contributed by atoms with Crippen molar-refractivity contribution in [2.45, 2.75) is 43.7 Å². The van der Waals surface area contributed by atoms with E-state index in [0.29, 0.717) is 17.4 Å². The first-order chi connectivity index (χ1) is 11.0. The van der Waals surface area contributed by atoms with Gasteiger partial charge in [-0.05, 0) is 55.3 Å². The first-order valence-corrected chi connectivity index (χ1v) is 9.96. The van der Waals surface area contributed by atoms with E-state index in [2.05, 4.69) is 15.9 Å². The van der Waals surface area contributed by atoms with Crippen LogP contribution < -0.4 is 0 Å². The fraction of sp³-hybridized carbons (Fsp3) is 0.562. The SMILES string of the molecule is CN(C(=O)OC(C)(C)C)[C@@H]1CCN(S(=O)(=O)c2ccccc2Br)C1. The van der Waals surface area contributed by atoms with Crippen LogP contribution in [0.2, 0.25) is 0 Å². The van der Waals surface area contributed by atoms with Crippen molar-refractivity contribution >= 4 is 32.0 Å². The number of sulfonamides is 1. The van der Waals surface area contributed by atoms with Crippen molar-refractivity contribution in [3.63, 3.8) is 0 Å². The maximum Gasteiger partial charge on any atom is 0.410 e. The Morgan fingerprint density at radius 1 is 1.33 bits per heavy atom. The second kappa shape index (κ2) is 7.01. The van der Waals surface area contributed by atoms with E-state index >= 15 is 0 Å². The molecular formula is C16H23BrN2O4S. The van der Waals surface area contributed by atoms with Crippen molar-refractivity contribution in [1.82, 2.24) is 9.21 Å². The quantitative estimate of drug-likeness (QED) is 0.755. The lowest BCUT2D eigenvalue weighted by Crippen LogP contribution is -2.42. The van der Waals surface area contributed by atoms with Crippen LogP contribution in [-0.2, 0) is 14.8 Å². The van der Waals surface area contributed by atoms with E-state index in [1.54, 1.807) is 52.1 Å². The largest absolute Gasteiger partial charge is 0.444 e. The Morgan fingerprint density at radius 3 is 2.54 bits per heavy atom. The van der Waals surface area contributed by atoms with Crippen LogP contribution in [0.4, 0.5) is 4.79 Å². The average molecular weight is 419 g/mol. The minimum atomic E-state index is -3.59. The number of benzene rings is 1. The maximum atomic E-state index is 12.8. The standard InChI is InChI=1S/C16H23BrN2O4S/c1-16(2,3)23-15(20)18(4)12-9-10-19(11-12)24(21,22)14-8-6-5-7-13(14)17/h5-8,12H,9-11H2,1-4H3/t12-/m1/s1. The number of halogens is 1. The predicted molar refractivity (Wildman–Crippen MR) is 95.3 cm³/mol. The summed E-state index contributed by atoms with van der Waals surface area (Å²) in [5.41, 5.74) is -0.579. The van der Waals surface area contributed by atoms with Crippen molar-refractivity contribution in [3.05, 3.63) is 28.7 Å². The molecule has 0 saturated carbocycles. The van der Waals surface area contributed by atoms with Crippen LogP contribution in [-0.4, -0.2) is 55.5 Å². The minimum Gasteiger partial charge on any atom is -0.444 e. The number of nitrogens with zero attached hydrogens (tertiary/aromatic N) is 2. The number of carbonyl (C=O) groups excluding carboxylic acids is 1. The molecule has 2 rings (SSSR count). The van der Waals surface area contributed by atoms with Gasteiger partial charge in [-0.2, -0.15) is 4.31 Å². The molecule has 1 heterocycles. The lowest BCUT2D eigenvalue weighted by Gasteiger charge is -2.28. The number of hydrogen-bond donors (Lipinski definition) is 0. The summed E-state index contributed by atoms with van der Waals surface area (Å²) >= 11 is 3.29. The Bertz CT molecular complexity index is 715. The normalized spacial score (nSPS) is 19.3. The topological polar surface area (TPSA) is 66.9 Å². The van der Waals surface area contributed by atoms with Gasteiger partial charge in [0.05, 0.1) is 4.90 Å². The van der Waals surface area contributed by atoms with Crippen molar-refractivity contribution in [3.8, 4) is 0 Å². The summed E-state index contributed by atoms with van der Waals surface area (Å²) in [7, 11) is -1.94. The molecule has 134 valence electrons. The van der Waals surface area contributed by atoms with Gasteiger partial charge in [-0.3, -0.25) is 0 Å². The highest BCUT2D eigenvalue weighted by molar-refractivity contribution is 9.10. The molecule has 0 aromatic heterocycles. The van der Waals surface area contributed by atoms with Crippen molar-refractivity contribution in [2.24, 2.45) is 0 Å². The molecule has 0 unspecified atom stereocenters. The van der Waals surface area contributed by atoms with Crippen LogP contribution in [0.25, 0.3) is 0 Å². The minimum absolute atomic E-state index is 0.197. The van der Waals surface area contributed by atoms with E-state index in [9.17, 15) is 13.2 Å². The van der Waals surface area contributed by atoms with Crippen LogP contribution in [0.1, 0.15) is 27.2 Å². The zero-order chi connectivity index (χ0) is 18.1. The van der Waals surface area contributed by atoms with Crippen LogP contribution in [0.5, 0.6) is 0 Å². The zero-order valence-corrected chi connectivity index (χ0v) is 16.7. The summed E-state index contributed by atoms with van der Waals surface area (Å²) in [5, 5.41) is 0. The fourth-order valence-corrected chi connectivity index (χ4v) is 4.98. The summed E-state index contributed by atoms with van der Waals surface area (Å²) in [4.78, 5) is 13.9. The number of carbonyl (C=O) groups is 1. The van der Waals surface area contributed by atoms with E-state index in [1.807, 2.05) is 0 Å². The summed E-state index contributed by atoms with van der Waals surface area (Å²) in [6.07, 6.45) is 0.145. The van der Waals surface area contributed by atoms with Gasteiger partial charge in [0.25, 0.3) is 0 Å². The average Bonchev–Trinajstić information content (AvgIpc) is 2.95. The molecule has 1 atom stereocenters. The number of likely N-dealkylation sites (N-methyl/N-ethyl adjacent to an activating group) is 1. The fourth-order valence-electron chi connectivity index (χ4n) is 2.52. The van der Waals surface area contributed by atoms with Crippen LogP contribution in [0.3, 0.4) is 0 Å². The third-order valence-corrected chi connectivity index (χ3v) is 6.69. The first-order valence-electron chi connectivity index (χ1n) is 7.73. The lowest BCUT2D eigenvalue weighted by atomic mass is 10.2. The van der Waals surface area contributed by atoms with E-state index in [4.69, 9.17) is 4.74 Å². The van der Waals surface area contributed by atoms with Crippen molar-refractivity contribution in [2.75, 3.05) is 20.1 Å². The van der Waals surface area contributed by atoms with E-state index in [-0.39, 0.29) is 17.5 Å². The molecule has 0 bridgehead atoms. The third kappa shape index (κ3) is 4.29. The molecular weight excluding hydrogens is 396 g/mol. The summed E-state index contributed by atoms with van der Waals surface area (Å²) < 4.78 is 32.9. The van der Waals surface area contributed by atoms with Gasteiger partial charge in [-0.15, -0.1) is 0 Å². The number of hydrogen-bond acceptors (Lipinski definition) is 4. The Morgan fingerprint density at radius 2 is 1.96 bits per heavy atom. The van der Waals surface area contributed by atoms with Gasteiger partial charge in [0.15, 0.2) is 0 Å². The maximum absolute atomic E-state index is 12.8. The van der Waals surface area contributed by atoms with Gasteiger partial charge in [-0.1, -0.05) is 12.1 Å². The molecule has 0 N–H and O–H groups in total. The second-order valence-electron chi connectivity index (χ2n) is 6.83. The van der Waals surface area contributed by atoms with Gasteiger partial charge in [-0.25, -0.2) is 13.2 Å². The molecule has 1 saturated heterocycles. The molecule has 6 nitrogen and oxygen atoms in total. The summed E-state index contributed by atoms with van der Waals surface area (Å²) in [6.45, 7) is 6.05. The summed E-state index contributed by atoms with van der Waals surface area (Å²) in [5.74, 6) is 0. The van der Waals surface area contributed by atoms with Crippen molar-refractivity contribution < 1.29 is 17.9 Å². The summed E-state index contributed by atoms with van der Waals surface area (Å²) in [6, 6.07) is 6.54. The Balaban J connectivity index is 2.10. The van der Waals surface area contributed by atoms with Gasteiger partial charge in [0.2, 0.25) is 10.0 Å². The molecule has 0 aliphatic carbocycles. The molecule has 1 aliphatic rings. The molecule has 1 fully saturated rings. The van der Waals surface area contributed by atoms with Gasteiger partial charge in [0.1, 0.15) is 5.60 Å². The van der Waals surface area contributed by atoms with Gasteiger partial charge < -0.3 is 9.64 Å². The third-order valence-electron chi connectivity index (χ3n) is 3.81. The zero-order valence-electron chi connectivity index (χ0n) is 14.3. The molecule has 0 radical (unpaired) electrons. The van der Waals surface area contributed by atoms with Gasteiger partial charge in [0, 0.05) is 30.7 Å². The first kappa shape index (κ1) is 19.2. The number of amides is 1. The molecule has 1 aliphatic heterocycles. The van der Waals surface area contributed by atoms with Crippen LogP contribution in [0.15, 0.2) is 33.6 Å². The second-order valence-corrected chi connectivity index (χ2v) is 9.59. The van der Waals surface area contributed by atoms with Crippen LogP contribution in [0, 0.1) is 0 Å². The molecule has 24 heavy (non-hydrogen) atoms. The van der Waals surface area contributed by atoms with Gasteiger partial charge >= 0.3 is 6.09 Å². The number of ether oxygens (including phenoxy) is 1. The highest BCUT2D eigenvalue weighted by Crippen LogP contribution is 2.28. The monoisotopic (exact) mass is 418 g/mol. The molecule has 0 spiro atoms. The molecule has 8 heteroatoms. The Hall–Kier alpha value is -1.12. The van der Waals surface area contributed by atoms with Crippen LogP contribution >= 0.6 is 15.9 Å². The smallest absolute Gasteiger partial charge is 0.410 e. The predicted octanol–water partition coefficient (Wildman–Crippen LogP) is 3.08. The highest BCUT2D eigenvalue weighted by atomic mass is 79.9. The number of rotatable bonds is 3. The Labute approximate surface area is 151 Å². The lowest BCUT2D eigenvalue weighted by molar-refractivity contribution is 0.0233. The van der Waals surface area contributed by atoms with Crippen molar-refractivity contribution in [1.29, 1.82) is 0 Å². The van der Waals surface area contributed by atoms with E-state index in [1.165, 1.54) is 9.21 Å². The highest BCUT2D eigenvalue weighted by Gasteiger charge is 2.37. The van der Waals surface area contributed by atoms with E-state index < -0.39 is 21.7 Å². The van der Waals surface area contributed by atoms with E-state index in [0.717, 1.165) is 0 Å². The molecule has 1 aromatic carbocycles.